The minimum atomic E-state index is -0.804. The van der Waals surface area contributed by atoms with E-state index in [-0.39, 0.29) is 17.6 Å². The van der Waals surface area contributed by atoms with Crippen LogP contribution in [0.25, 0.3) is 0 Å². The molecule has 2 aliphatic heterocycles. The number of nitrogens with one attached hydrogen (secondary N) is 1. The fourth-order valence-electron chi connectivity index (χ4n) is 3.24. The zero-order chi connectivity index (χ0) is 13.5. The fraction of sp³-hybridized carbons (Fsp3) is 0.923. The molecule has 3 fully saturated rings. The maximum atomic E-state index is 11.2. The molecule has 0 aromatic carbocycles. The minimum Gasteiger partial charge on any atom is -0.465 e. The largest absolute Gasteiger partial charge is 0.465 e. The molecule has 2 heterocycles. The Morgan fingerprint density at radius 2 is 2.32 bits per heavy atom. The topological polar surface area (TPSA) is 65.0 Å². The maximum absolute atomic E-state index is 11.2. The number of ether oxygens (including phenoxy) is 1. The Morgan fingerprint density at radius 3 is 3.00 bits per heavy atom. The second-order valence-corrected chi connectivity index (χ2v) is 6.11. The van der Waals surface area contributed by atoms with Crippen LogP contribution in [0.4, 0.5) is 4.79 Å². The minimum absolute atomic E-state index is 0.0633. The van der Waals surface area contributed by atoms with Gasteiger partial charge in [-0.25, -0.2) is 4.79 Å². The van der Waals surface area contributed by atoms with Crippen LogP contribution in [0.2, 0.25) is 0 Å². The van der Waals surface area contributed by atoms with Gasteiger partial charge in [-0.3, -0.25) is 4.90 Å². The smallest absolute Gasteiger partial charge is 0.407 e. The van der Waals surface area contributed by atoms with Crippen LogP contribution in [0, 0.1) is 0 Å². The highest BCUT2D eigenvalue weighted by molar-refractivity contribution is 5.65. The molecule has 6 heteroatoms. The molecule has 1 aliphatic carbocycles. The normalized spacial score (nSPS) is 34.5. The number of carbonyl (C=O) groups is 1. The molecular weight excluding hydrogens is 246 g/mol. The molecule has 2 saturated heterocycles. The average molecular weight is 269 g/mol. The summed E-state index contributed by atoms with van der Waals surface area (Å²) in [4.78, 5) is 15.3. The third-order valence-electron chi connectivity index (χ3n) is 4.71. The molecule has 3 aliphatic rings. The van der Waals surface area contributed by atoms with E-state index in [9.17, 15) is 9.90 Å². The van der Waals surface area contributed by atoms with Crippen molar-refractivity contribution in [2.75, 3.05) is 39.4 Å². The first-order valence-electron chi connectivity index (χ1n) is 7.16. The first-order valence-corrected chi connectivity index (χ1v) is 7.16. The van der Waals surface area contributed by atoms with Gasteiger partial charge in [-0.15, -0.1) is 0 Å². The van der Waals surface area contributed by atoms with Gasteiger partial charge in [0.05, 0.1) is 13.2 Å². The van der Waals surface area contributed by atoms with E-state index < -0.39 is 6.09 Å². The predicted octanol–water partition coefficient (Wildman–Crippen LogP) is 0.192. The summed E-state index contributed by atoms with van der Waals surface area (Å²) in [6.07, 6.45) is 1.64. The maximum Gasteiger partial charge on any atom is 0.407 e. The summed E-state index contributed by atoms with van der Waals surface area (Å²) in [5.41, 5.74) is 0.275. The second kappa shape index (κ2) is 4.92. The quantitative estimate of drug-likeness (QED) is 0.749. The van der Waals surface area contributed by atoms with Crippen molar-refractivity contribution in [3.05, 3.63) is 0 Å². The van der Waals surface area contributed by atoms with E-state index >= 15 is 0 Å². The van der Waals surface area contributed by atoms with Gasteiger partial charge in [0.1, 0.15) is 0 Å². The molecule has 2 N–H and O–H groups in total. The Labute approximate surface area is 113 Å². The highest BCUT2D eigenvalue weighted by Gasteiger charge is 2.50. The van der Waals surface area contributed by atoms with Crippen molar-refractivity contribution >= 4 is 6.09 Å². The molecule has 0 radical (unpaired) electrons. The number of nitrogens with zero attached hydrogens (tertiary/aromatic N) is 2. The molecule has 6 nitrogen and oxygen atoms in total. The lowest BCUT2D eigenvalue weighted by molar-refractivity contribution is -0.0280. The van der Waals surface area contributed by atoms with Crippen molar-refractivity contribution in [1.82, 2.24) is 15.1 Å². The Balaban J connectivity index is 1.59. The van der Waals surface area contributed by atoms with Crippen LogP contribution in [0.15, 0.2) is 0 Å². The van der Waals surface area contributed by atoms with Gasteiger partial charge in [0, 0.05) is 43.8 Å². The molecule has 0 bridgehead atoms. The van der Waals surface area contributed by atoms with Crippen LogP contribution in [0.1, 0.15) is 19.8 Å². The van der Waals surface area contributed by atoms with Gasteiger partial charge >= 0.3 is 6.09 Å². The molecule has 3 rings (SSSR count). The fourth-order valence-corrected chi connectivity index (χ4v) is 3.24. The molecule has 1 spiro atoms. The average Bonchev–Trinajstić information content (AvgIpc) is 3.15. The van der Waals surface area contributed by atoms with Crippen LogP contribution in [-0.2, 0) is 4.74 Å². The van der Waals surface area contributed by atoms with Crippen molar-refractivity contribution < 1.29 is 14.6 Å². The molecule has 0 unspecified atom stereocenters. The van der Waals surface area contributed by atoms with Gasteiger partial charge < -0.3 is 20.1 Å². The summed E-state index contributed by atoms with van der Waals surface area (Å²) in [5, 5.41) is 12.7. The number of carboxylic acid groups (broad SMARTS) is 1. The van der Waals surface area contributed by atoms with E-state index in [1.807, 2.05) is 6.92 Å². The summed E-state index contributed by atoms with van der Waals surface area (Å²) >= 11 is 0. The van der Waals surface area contributed by atoms with E-state index in [1.54, 1.807) is 4.90 Å². The van der Waals surface area contributed by atoms with Crippen LogP contribution in [-0.4, -0.2) is 78.0 Å². The Morgan fingerprint density at radius 1 is 1.53 bits per heavy atom. The zero-order valence-electron chi connectivity index (χ0n) is 11.5. The van der Waals surface area contributed by atoms with Crippen molar-refractivity contribution in [2.45, 2.75) is 37.4 Å². The first-order chi connectivity index (χ1) is 9.11. The van der Waals surface area contributed by atoms with Crippen LogP contribution < -0.4 is 5.32 Å². The Kier molecular flexibility index (Phi) is 3.41. The summed E-state index contributed by atoms with van der Waals surface area (Å²) in [5.74, 6) is 0. The van der Waals surface area contributed by atoms with Gasteiger partial charge in [-0.05, 0) is 19.8 Å². The highest BCUT2D eigenvalue weighted by atomic mass is 16.5. The van der Waals surface area contributed by atoms with Crippen molar-refractivity contribution in [3.63, 3.8) is 0 Å². The van der Waals surface area contributed by atoms with Gasteiger partial charge in [-0.2, -0.15) is 0 Å². The first kappa shape index (κ1) is 13.1. The Bertz CT molecular complexity index is 359. The van der Waals surface area contributed by atoms with E-state index in [0.29, 0.717) is 6.54 Å². The number of hydrogen-bond donors (Lipinski definition) is 2. The second-order valence-electron chi connectivity index (χ2n) is 6.11. The molecule has 1 saturated carbocycles. The third kappa shape index (κ3) is 2.57. The van der Waals surface area contributed by atoms with Crippen molar-refractivity contribution in [1.29, 1.82) is 0 Å². The predicted molar refractivity (Wildman–Crippen MR) is 70.3 cm³/mol. The highest BCUT2D eigenvalue weighted by Crippen LogP contribution is 2.43. The van der Waals surface area contributed by atoms with Gasteiger partial charge in [0.2, 0.25) is 0 Å². The standard InChI is InChI=1S/C13H23N3O3/c1-10-6-14-11(8-16(10)12(17)18)7-15-4-5-19-9-13(15)2-3-13/h10-11,14H,2-9H2,1H3,(H,17,18)/t10-,11+/m1/s1. The van der Waals surface area contributed by atoms with Gasteiger partial charge in [-0.1, -0.05) is 0 Å². The SMILES string of the molecule is C[C@@H]1CN[C@@H](CN2CCOCC23CC3)CN1C(=O)O. The summed E-state index contributed by atoms with van der Waals surface area (Å²) in [6, 6.07) is 0.302. The van der Waals surface area contributed by atoms with E-state index in [1.165, 1.54) is 12.8 Å². The lowest BCUT2D eigenvalue weighted by Crippen LogP contribution is -2.62. The van der Waals surface area contributed by atoms with E-state index in [0.717, 1.165) is 32.8 Å². The summed E-state index contributed by atoms with van der Waals surface area (Å²) < 4.78 is 5.58. The number of morpholine rings is 1. The lowest BCUT2D eigenvalue weighted by atomic mass is 10.1. The van der Waals surface area contributed by atoms with E-state index in [4.69, 9.17) is 4.74 Å². The van der Waals surface area contributed by atoms with Crippen molar-refractivity contribution in [3.8, 4) is 0 Å². The number of amides is 1. The van der Waals surface area contributed by atoms with Crippen LogP contribution in [0.5, 0.6) is 0 Å². The molecule has 2 atom stereocenters. The molecule has 19 heavy (non-hydrogen) atoms. The molecule has 1 amide bonds. The van der Waals surface area contributed by atoms with Crippen LogP contribution in [0.3, 0.4) is 0 Å². The number of rotatable bonds is 2. The molecular formula is C13H23N3O3. The van der Waals surface area contributed by atoms with Gasteiger partial charge in [0.15, 0.2) is 0 Å². The molecule has 0 aromatic rings. The molecule has 108 valence electrons. The van der Waals surface area contributed by atoms with Crippen molar-refractivity contribution in [2.24, 2.45) is 0 Å². The monoisotopic (exact) mass is 269 g/mol. The molecule has 0 aromatic heterocycles. The number of hydrogen-bond acceptors (Lipinski definition) is 4. The lowest BCUT2D eigenvalue weighted by Gasteiger charge is -2.42. The number of piperazine rings is 1. The van der Waals surface area contributed by atoms with E-state index in [2.05, 4.69) is 10.2 Å². The third-order valence-corrected chi connectivity index (χ3v) is 4.71. The summed E-state index contributed by atoms with van der Waals surface area (Å²) in [7, 11) is 0. The zero-order valence-corrected chi connectivity index (χ0v) is 11.5. The van der Waals surface area contributed by atoms with Gasteiger partial charge in [0.25, 0.3) is 0 Å². The Hall–Kier alpha value is -0.850. The van der Waals surface area contributed by atoms with Crippen LogP contribution >= 0.6 is 0 Å². The summed E-state index contributed by atoms with van der Waals surface area (Å²) in [6.45, 7) is 6.83.